The topological polar surface area (TPSA) is 23.6 Å². The van der Waals surface area contributed by atoms with E-state index >= 15 is 0 Å². The van der Waals surface area contributed by atoms with E-state index in [9.17, 15) is 4.79 Å². The summed E-state index contributed by atoms with van der Waals surface area (Å²) in [6.07, 6.45) is 8.17. The fourth-order valence-corrected chi connectivity index (χ4v) is 4.44. The molecular weight excluding hydrogens is 296 g/mol. The molecule has 1 amide bonds. The van der Waals surface area contributed by atoms with Crippen molar-refractivity contribution in [2.45, 2.75) is 70.9 Å². The van der Waals surface area contributed by atoms with E-state index in [1.807, 2.05) is 7.05 Å². The molecule has 0 bridgehead atoms. The number of likely N-dealkylation sites (tertiary alicyclic amines) is 1. The predicted octanol–water partition coefficient (Wildman–Crippen LogP) is 3.71. The highest BCUT2D eigenvalue weighted by molar-refractivity contribution is 5.79. The highest BCUT2D eigenvalue weighted by Crippen LogP contribution is 2.29. The maximum atomic E-state index is 12.9. The SMILES string of the molecule is Cc1ccc(CC(=O)N(C)[C@@H]2CCCC[C@H]2N2CCCC2)cc1C. The molecule has 1 aromatic carbocycles. The van der Waals surface area contributed by atoms with Crippen molar-refractivity contribution in [3.63, 3.8) is 0 Å². The third kappa shape index (κ3) is 3.83. The van der Waals surface area contributed by atoms with Gasteiger partial charge in [-0.25, -0.2) is 0 Å². The van der Waals surface area contributed by atoms with Gasteiger partial charge in [-0.3, -0.25) is 9.69 Å². The third-order valence-electron chi connectivity index (χ3n) is 6.12. The molecule has 0 N–H and O–H groups in total. The number of likely N-dealkylation sites (N-methyl/N-ethyl adjacent to an activating group) is 1. The van der Waals surface area contributed by atoms with Crippen LogP contribution in [0.1, 0.15) is 55.2 Å². The first-order valence-electron chi connectivity index (χ1n) is 9.62. The molecule has 2 fully saturated rings. The average Bonchev–Trinajstić information content (AvgIpc) is 3.12. The first kappa shape index (κ1) is 17.5. The molecule has 1 heterocycles. The van der Waals surface area contributed by atoms with Gasteiger partial charge in [0.1, 0.15) is 0 Å². The van der Waals surface area contributed by atoms with E-state index in [-0.39, 0.29) is 5.91 Å². The molecule has 1 aliphatic carbocycles. The Bertz CT molecular complexity index is 577. The van der Waals surface area contributed by atoms with E-state index < -0.39 is 0 Å². The summed E-state index contributed by atoms with van der Waals surface area (Å²) >= 11 is 0. The van der Waals surface area contributed by atoms with Crippen LogP contribution >= 0.6 is 0 Å². The van der Waals surface area contributed by atoms with E-state index in [1.54, 1.807) is 0 Å². The Morgan fingerprint density at radius 3 is 2.50 bits per heavy atom. The molecule has 1 saturated carbocycles. The lowest BCUT2D eigenvalue weighted by Crippen LogP contribution is -2.53. The summed E-state index contributed by atoms with van der Waals surface area (Å²) in [4.78, 5) is 17.6. The summed E-state index contributed by atoms with van der Waals surface area (Å²) in [5, 5.41) is 0. The molecule has 3 rings (SSSR count). The van der Waals surface area contributed by atoms with E-state index in [4.69, 9.17) is 0 Å². The fraction of sp³-hybridized carbons (Fsp3) is 0.667. The van der Waals surface area contributed by atoms with Gasteiger partial charge >= 0.3 is 0 Å². The van der Waals surface area contributed by atoms with Gasteiger partial charge in [0, 0.05) is 19.1 Å². The molecule has 0 aromatic heterocycles. The Labute approximate surface area is 147 Å². The molecule has 2 aliphatic rings. The van der Waals surface area contributed by atoms with Crippen molar-refractivity contribution in [2.24, 2.45) is 0 Å². The van der Waals surface area contributed by atoms with Gasteiger partial charge in [0.15, 0.2) is 0 Å². The van der Waals surface area contributed by atoms with Crippen LogP contribution in [0.2, 0.25) is 0 Å². The van der Waals surface area contributed by atoms with Gasteiger partial charge in [-0.05, 0) is 69.3 Å². The van der Waals surface area contributed by atoms with Crippen molar-refractivity contribution in [3.8, 4) is 0 Å². The lowest BCUT2D eigenvalue weighted by atomic mass is 9.88. The normalized spacial score (nSPS) is 25.0. The van der Waals surface area contributed by atoms with Crippen molar-refractivity contribution < 1.29 is 4.79 Å². The van der Waals surface area contributed by atoms with Crippen LogP contribution in [0, 0.1) is 13.8 Å². The number of benzene rings is 1. The Morgan fingerprint density at radius 2 is 1.79 bits per heavy atom. The molecular formula is C21H32N2O. The van der Waals surface area contributed by atoms with Crippen molar-refractivity contribution >= 4 is 5.91 Å². The lowest BCUT2D eigenvalue weighted by molar-refractivity contribution is -0.133. The summed E-state index contributed by atoms with van der Waals surface area (Å²) in [6.45, 7) is 6.69. The number of rotatable bonds is 4. The van der Waals surface area contributed by atoms with Crippen LogP contribution in [0.4, 0.5) is 0 Å². The van der Waals surface area contributed by atoms with Crippen molar-refractivity contribution in [1.29, 1.82) is 0 Å². The van der Waals surface area contributed by atoms with Crippen LogP contribution in [-0.4, -0.2) is 47.9 Å². The second kappa shape index (κ2) is 7.69. The number of amides is 1. The molecule has 1 aliphatic heterocycles. The molecule has 24 heavy (non-hydrogen) atoms. The van der Waals surface area contributed by atoms with Crippen LogP contribution in [0.25, 0.3) is 0 Å². The minimum atomic E-state index is 0.273. The van der Waals surface area contributed by atoms with E-state index in [2.05, 4.69) is 41.8 Å². The zero-order chi connectivity index (χ0) is 17.1. The van der Waals surface area contributed by atoms with Gasteiger partial charge in [-0.1, -0.05) is 31.0 Å². The highest BCUT2D eigenvalue weighted by atomic mass is 16.2. The Morgan fingerprint density at radius 1 is 1.08 bits per heavy atom. The Hall–Kier alpha value is -1.35. The smallest absolute Gasteiger partial charge is 0.227 e. The first-order chi connectivity index (χ1) is 11.6. The van der Waals surface area contributed by atoms with Gasteiger partial charge in [0.05, 0.1) is 6.42 Å². The van der Waals surface area contributed by atoms with E-state index in [0.717, 1.165) is 12.0 Å². The van der Waals surface area contributed by atoms with E-state index in [1.165, 1.54) is 56.3 Å². The largest absolute Gasteiger partial charge is 0.341 e. The van der Waals surface area contributed by atoms with Crippen LogP contribution in [0.3, 0.4) is 0 Å². The number of hydrogen-bond donors (Lipinski definition) is 0. The monoisotopic (exact) mass is 328 g/mol. The van der Waals surface area contributed by atoms with E-state index in [0.29, 0.717) is 18.5 Å². The zero-order valence-electron chi connectivity index (χ0n) is 15.6. The van der Waals surface area contributed by atoms with Gasteiger partial charge in [0.25, 0.3) is 0 Å². The van der Waals surface area contributed by atoms with Crippen LogP contribution in [0.5, 0.6) is 0 Å². The van der Waals surface area contributed by atoms with Gasteiger partial charge in [-0.2, -0.15) is 0 Å². The molecule has 1 aromatic rings. The number of hydrogen-bond acceptors (Lipinski definition) is 2. The van der Waals surface area contributed by atoms with Crippen LogP contribution in [-0.2, 0) is 11.2 Å². The molecule has 0 radical (unpaired) electrons. The van der Waals surface area contributed by atoms with Crippen molar-refractivity contribution in [3.05, 3.63) is 34.9 Å². The third-order valence-corrected chi connectivity index (χ3v) is 6.12. The zero-order valence-corrected chi connectivity index (χ0v) is 15.6. The van der Waals surface area contributed by atoms with Crippen LogP contribution < -0.4 is 0 Å². The summed E-state index contributed by atoms with van der Waals surface area (Å²) in [5.41, 5.74) is 3.71. The van der Waals surface area contributed by atoms with Crippen molar-refractivity contribution in [2.75, 3.05) is 20.1 Å². The molecule has 2 atom stereocenters. The summed E-state index contributed by atoms with van der Waals surface area (Å²) in [7, 11) is 2.03. The van der Waals surface area contributed by atoms with Crippen molar-refractivity contribution in [1.82, 2.24) is 9.80 Å². The van der Waals surface area contributed by atoms with Gasteiger partial charge in [0.2, 0.25) is 5.91 Å². The summed E-state index contributed by atoms with van der Waals surface area (Å²) in [6, 6.07) is 7.38. The standard InChI is InChI=1S/C21H32N2O/c1-16-10-11-18(14-17(16)2)15-21(24)22(3)19-8-4-5-9-20(19)23-12-6-7-13-23/h10-11,14,19-20H,4-9,12-13,15H2,1-3H3/t19-,20-/m1/s1. The molecule has 3 heteroatoms. The average molecular weight is 329 g/mol. The molecule has 1 saturated heterocycles. The van der Waals surface area contributed by atoms with Gasteiger partial charge < -0.3 is 4.90 Å². The minimum absolute atomic E-state index is 0.273. The Kier molecular flexibility index (Phi) is 5.60. The second-order valence-corrected chi connectivity index (χ2v) is 7.76. The summed E-state index contributed by atoms with van der Waals surface area (Å²) < 4.78 is 0. The summed E-state index contributed by atoms with van der Waals surface area (Å²) in [5.74, 6) is 0.273. The number of aryl methyl sites for hydroxylation is 2. The molecule has 0 spiro atoms. The number of carbonyl (C=O) groups excluding carboxylic acids is 1. The second-order valence-electron chi connectivity index (χ2n) is 7.76. The van der Waals surface area contributed by atoms with Gasteiger partial charge in [-0.15, -0.1) is 0 Å². The van der Waals surface area contributed by atoms with Crippen LogP contribution in [0.15, 0.2) is 18.2 Å². The molecule has 3 nitrogen and oxygen atoms in total. The Balaban J connectivity index is 1.67. The lowest BCUT2D eigenvalue weighted by Gasteiger charge is -2.42. The quantitative estimate of drug-likeness (QED) is 0.841. The fourth-order valence-electron chi connectivity index (χ4n) is 4.44. The maximum Gasteiger partial charge on any atom is 0.227 e. The predicted molar refractivity (Wildman–Crippen MR) is 99.2 cm³/mol. The molecule has 0 unspecified atom stereocenters. The highest BCUT2D eigenvalue weighted by Gasteiger charge is 2.35. The number of nitrogens with zero attached hydrogens (tertiary/aromatic N) is 2. The number of carbonyl (C=O) groups is 1. The molecule has 132 valence electrons. The minimum Gasteiger partial charge on any atom is -0.341 e. The maximum absolute atomic E-state index is 12.9. The first-order valence-corrected chi connectivity index (χ1v) is 9.62.